The number of pyridine rings is 1. The van der Waals surface area contributed by atoms with Crippen LogP contribution in [-0.4, -0.2) is 28.2 Å². The number of benzene rings is 1. The molecule has 2 aromatic heterocycles. The van der Waals surface area contributed by atoms with Crippen molar-refractivity contribution in [3.63, 3.8) is 0 Å². The summed E-state index contributed by atoms with van der Waals surface area (Å²) in [6.45, 7) is 1.68. The van der Waals surface area contributed by atoms with Crippen molar-refractivity contribution < 1.29 is 13.7 Å². The van der Waals surface area contributed by atoms with Gasteiger partial charge in [0.1, 0.15) is 12.4 Å². The van der Waals surface area contributed by atoms with Crippen LogP contribution in [0.1, 0.15) is 17.6 Å². The van der Waals surface area contributed by atoms with Gasteiger partial charge in [0.05, 0.1) is 0 Å². The third-order valence-corrected chi connectivity index (χ3v) is 4.13. The van der Waals surface area contributed by atoms with Crippen molar-refractivity contribution in [3.05, 3.63) is 60.2 Å². The molecule has 1 atom stereocenters. The van der Waals surface area contributed by atoms with Gasteiger partial charge in [0.25, 0.3) is 5.89 Å². The number of nitrogens with one attached hydrogen (secondary N) is 1. The lowest BCUT2D eigenvalue weighted by atomic mass is 9.97. The summed E-state index contributed by atoms with van der Waals surface area (Å²) in [5.74, 6) is 0.968. The van der Waals surface area contributed by atoms with E-state index in [-0.39, 0.29) is 11.8 Å². The molecule has 6 nitrogen and oxygen atoms in total. The van der Waals surface area contributed by atoms with E-state index in [0.717, 1.165) is 11.1 Å². The second-order valence-electron chi connectivity index (χ2n) is 5.95. The van der Waals surface area contributed by atoms with Crippen LogP contribution in [0.2, 0.25) is 0 Å². The van der Waals surface area contributed by atoms with Crippen LogP contribution in [0.3, 0.4) is 0 Å². The largest absolute Gasteiger partial charge is 0.489 e. The molecule has 3 aromatic rings. The van der Waals surface area contributed by atoms with Crippen LogP contribution in [0, 0.1) is 5.92 Å². The number of ether oxygens (including phenoxy) is 1. The van der Waals surface area contributed by atoms with Crippen LogP contribution in [0.25, 0.3) is 11.4 Å². The Bertz CT molecular complexity index is 836. The average Bonchev–Trinajstić information content (AvgIpc) is 3.10. The van der Waals surface area contributed by atoms with Crippen molar-refractivity contribution in [2.75, 3.05) is 13.1 Å². The van der Waals surface area contributed by atoms with Gasteiger partial charge in [-0.25, -0.2) is 4.39 Å². The van der Waals surface area contributed by atoms with E-state index >= 15 is 0 Å². The zero-order valence-electron chi connectivity index (χ0n) is 13.4. The van der Waals surface area contributed by atoms with Crippen LogP contribution < -0.4 is 10.1 Å². The Morgan fingerprint density at radius 2 is 2.20 bits per heavy atom. The number of halogens is 1. The minimum atomic E-state index is -1.23. The summed E-state index contributed by atoms with van der Waals surface area (Å²) in [6, 6.07) is 11.1. The molecular formula is C18H17FN4O2. The first-order chi connectivity index (χ1) is 12.3. The minimum Gasteiger partial charge on any atom is -0.489 e. The number of nitrogens with zero attached hydrogens (tertiary/aromatic N) is 3. The molecule has 0 aliphatic carbocycles. The maximum absolute atomic E-state index is 14.2. The zero-order valence-corrected chi connectivity index (χ0v) is 13.4. The molecule has 128 valence electrons. The Morgan fingerprint density at radius 3 is 2.96 bits per heavy atom. The Kier molecular flexibility index (Phi) is 4.39. The quantitative estimate of drug-likeness (QED) is 0.744. The Morgan fingerprint density at radius 1 is 1.28 bits per heavy atom. The van der Waals surface area contributed by atoms with E-state index in [0.29, 0.717) is 31.3 Å². The van der Waals surface area contributed by atoms with Gasteiger partial charge in [0.2, 0.25) is 5.82 Å². The molecule has 0 spiro atoms. The first-order valence-corrected chi connectivity index (χ1v) is 8.10. The van der Waals surface area contributed by atoms with Crippen molar-refractivity contribution in [3.8, 4) is 17.1 Å². The fourth-order valence-corrected chi connectivity index (χ4v) is 2.56. The van der Waals surface area contributed by atoms with Crippen LogP contribution in [0.5, 0.6) is 5.75 Å². The molecule has 1 unspecified atom stereocenters. The number of hydrogen-bond acceptors (Lipinski definition) is 6. The summed E-state index contributed by atoms with van der Waals surface area (Å²) in [5.41, 5.74) is 1.70. The summed E-state index contributed by atoms with van der Waals surface area (Å²) in [4.78, 5) is 8.25. The van der Waals surface area contributed by atoms with Crippen molar-refractivity contribution in [1.82, 2.24) is 20.4 Å². The zero-order chi connectivity index (χ0) is 17.1. The van der Waals surface area contributed by atoms with E-state index in [1.165, 1.54) is 0 Å². The highest BCUT2D eigenvalue weighted by molar-refractivity contribution is 5.56. The van der Waals surface area contributed by atoms with E-state index in [9.17, 15) is 4.39 Å². The number of aromatic nitrogens is 3. The van der Waals surface area contributed by atoms with Gasteiger partial charge in [0.15, 0.2) is 6.17 Å². The Hall–Kier alpha value is -2.80. The monoisotopic (exact) mass is 340 g/mol. The topological polar surface area (TPSA) is 73.1 Å². The van der Waals surface area contributed by atoms with Gasteiger partial charge in [-0.05, 0) is 18.2 Å². The summed E-state index contributed by atoms with van der Waals surface area (Å²) in [6.07, 6.45) is 2.24. The summed E-state index contributed by atoms with van der Waals surface area (Å²) >= 11 is 0. The van der Waals surface area contributed by atoms with Crippen LogP contribution >= 0.6 is 0 Å². The first-order valence-electron chi connectivity index (χ1n) is 8.10. The highest BCUT2D eigenvalue weighted by Crippen LogP contribution is 2.30. The summed E-state index contributed by atoms with van der Waals surface area (Å²) < 4.78 is 25.1. The van der Waals surface area contributed by atoms with E-state index < -0.39 is 6.17 Å². The normalized spacial score (nSPS) is 15.6. The third-order valence-electron chi connectivity index (χ3n) is 4.13. The maximum atomic E-state index is 14.2. The predicted molar refractivity (Wildman–Crippen MR) is 88.5 cm³/mol. The molecule has 25 heavy (non-hydrogen) atoms. The molecule has 0 radical (unpaired) electrons. The van der Waals surface area contributed by atoms with E-state index in [1.54, 1.807) is 12.4 Å². The Balaban J connectivity index is 1.46. The average molecular weight is 340 g/mol. The first kappa shape index (κ1) is 15.7. The molecule has 0 amide bonds. The van der Waals surface area contributed by atoms with Crippen molar-refractivity contribution in [2.45, 2.75) is 12.8 Å². The highest BCUT2D eigenvalue weighted by Gasteiger charge is 2.32. The second-order valence-corrected chi connectivity index (χ2v) is 5.95. The number of alkyl halides is 1. The minimum absolute atomic E-state index is 0.0307. The van der Waals surface area contributed by atoms with Crippen LogP contribution in [0.15, 0.2) is 53.3 Å². The molecule has 1 aromatic carbocycles. The fraction of sp³-hybridized carbons (Fsp3) is 0.278. The fourth-order valence-electron chi connectivity index (χ4n) is 2.56. The molecule has 4 rings (SSSR count). The van der Waals surface area contributed by atoms with Gasteiger partial charge < -0.3 is 14.6 Å². The predicted octanol–water partition coefficient (Wildman–Crippen LogP) is 2.94. The van der Waals surface area contributed by atoms with Crippen molar-refractivity contribution >= 4 is 0 Å². The lowest BCUT2D eigenvalue weighted by Gasteiger charge is -2.27. The standard InChI is InChI=1S/C18H17FN4O2/c19-16(14-9-21-10-14)18-22-17(23-25-18)13-4-1-5-15(7-13)24-11-12-3-2-6-20-8-12/h1-8,14,16,21H,9-11H2. The van der Waals surface area contributed by atoms with E-state index in [1.807, 2.05) is 36.4 Å². The van der Waals surface area contributed by atoms with Gasteiger partial charge in [-0.1, -0.05) is 23.4 Å². The van der Waals surface area contributed by atoms with Crippen LogP contribution in [0.4, 0.5) is 4.39 Å². The van der Waals surface area contributed by atoms with Gasteiger partial charge in [0, 0.05) is 42.5 Å². The lowest BCUT2D eigenvalue weighted by molar-refractivity contribution is 0.133. The summed E-state index contributed by atoms with van der Waals surface area (Å²) in [5, 5.41) is 6.93. The SMILES string of the molecule is FC(c1nc(-c2cccc(OCc3cccnc3)c2)no1)C1CNC1. The molecule has 1 aliphatic rings. The van der Waals surface area contributed by atoms with Crippen molar-refractivity contribution in [1.29, 1.82) is 0 Å². The molecule has 3 heterocycles. The van der Waals surface area contributed by atoms with Gasteiger partial charge in [-0.3, -0.25) is 4.98 Å². The van der Waals surface area contributed by atoms with E-state index in [2.05, 4.69) is 20.4 Å². The van der Waals surface area contributed by atoms with Gasteiger partial charge in [-0.15, -0.1) is 0 Å². The molecule has 7 heteroatoms. The van der Waals surface area contributed by atoms with Crippen LogP contribution in [-0.2, 0) is 6.61 Å². The third kappa shape index (κ3) is 3.51. The smallest absolute Gasteiger partial charge is 0.261 e. The highest BCUT2D eigenvalue weighted by atomic mass is 19.1. The molecule has 1 N–H and O–H groups in total. The maximum Gasteiger partial charge on any atom is 0.261 e. The molecule has 1 saturated heterocycles. The molecule has 1 fully saturated rings. The summed E-state index contributed by atoms with van der Waals surface area (Å²) in [7, 11) is 0. The van der Waals surface area contributed by atoms with Crippen molar-refractivity contribution in [2.24, 2.45) is 5.92 Å². The van der Waals surface area contributed by atoms with Gasteiger partial charge >= 0.3 is 0 Å². The molecule has 0 bridgehead atoms. The molecular weight excluding hydrogens is 323 g/mol. The van der Waals surface area contributed by atoms with E-state index in [4.69, 9.17) is 9.26 Å². The number of hydrogen-bond donors (Lipinski definition) is 1. The molecule has 1 aliphatic heterocycles. The number of rotatable bonds is 6. The van der Waals surface area contributed by atoms with Gasteiger partial charge in [-0.2, -0.15) is 4.98 Å². The molecule has 0 saturated carbocycles. The second kappa shape index (κ2) is 6.98. The Labute approximate surface area is 144 Å². The lowest BCUT2D eigenvalue weighted by Crippen LogP contribution is -2.44.